The highest BCUT2D eigenvalue weighted by Crippen LogP contribution is 2.18. The first-order valence-electron chi connectivity index (χ1n) is 6.87. The molecule has 1 unspecified atom stereocenters. The highest BCUT2D eigenvalue weighted by molar-refractivity contribution is 5.76. The topological polar surface area (TPSA) is 87.2 Å². The molecule has 1 atom stereocenters. The molecular weight excluding hydrogens is 270 g/mol. The number of H-pyrrole nitrogens is 1. The van der Waals surface area contributed by atoms with Crippen molar-refractivity contribution in [2.24, 2.45) is 0 Å². The first kappa shape index (κ1) is 15.3. The molecule has 0 saturated carbocycles. The molecular formula is C15H21N3O3. The molecule has 0 aliphatic carbocycles. The van der Waals surface area contributed by atoms with E-state index in [1.807, 2.05) is 45.9 Å². The van der Waals surface area contributed by atoms with E-state index >= 15 is 0 Å². The predicted molar refractivity (Wildman–Crippen MR) is 79.8 cm³/mol. The van der Waals surface area contributed by atoms with Crippen molar-refractivity contribution >= 4 is 17.1 Å². The molecule has 1 amide bonds. The lowest BCUT2D eigenvalue weighted by Crippen LogP contribution is -2.34. The first-order valence-corrected chi connectivity index (χ1v) is 6.87. The molecule has 1 aromatic heterocycles. The van der Waals surface area contributed by atoms with E-state index in [0.717, 1.165) is 16.6 Å². The summed E-state index contributed by atoms with van der Waals surface area (Å²) in [6.45, 7) is 7.25. The number of nitrogens with one attached hydrogen (secondary N) is 2. The molecule has 0 spiro atoms. The van der Waals surface area contributed by atoms with Crippen LogP contribution in [0.5, 0.6) is 0 Å². The number of imidazole rings is 1. The van der Waals surface area contributed by atoms with Gasteiger partial charge in [-0.05, 0) is 45.4 Å². The van der Waals surface area contributed by atoms with Crippen LogP contribution < -0.4 is 5.32 Å². The monoisotopic (exact) mass is 291 g/mol. The first-order chi connectivity index (χ1) is 9.78. The van der Waals surface area contributed by atoms with Gasteiger partial charge in [-0.1, -0.05) is 6.07 Å². The number of ether oxygens (including phenoxy) is 1. The summed E-state index contributed by atoms with van der Waals surface area (Å²) >= 11 is 0. The smallest absolute Gasteiger partial charge is 0.408 e. The van der Waals surface area contributed by atoms with E-state index in [9.17, 15) is 4.79 Å². The van der Waals surface area contributed by atoms with E-state index in [-0.39, 0.29) is 12.6 Å². The van der Waals surface area contributed by atoms with Crippen LogP contribution in [-0.4, -0.2) is 26.8 Å². The van der Waals surface area contributed by atoms with Gasteiger partial charge >= 0.3 is 6.09 Å². The maximum absolute atomic E-state index is 11.7. The van der Waals surface area contributed by atoms with Gasteiger partial charge < -0.3 is 20.1 Å². The van der Waals surface area contributed by atoms with Crippen LogP contribution in [0.2, 0.25) is 0 Å². The number of fused-ring (bicyclic) bond motifs is 1. The highest BCUT2D eigenvalue weighted by Gasteiger charge is 2.19. The molecule has 0 bridgehead atoms. The molecule has 114 valence electrons. The Bertz CT molecular complexity index is 643. The molecule has 2 rings (SSSR count). The summed E-state index contributed by atoms with van der Waals surface area (Å²) in [6.07, 6.45) is -0.480. The summed E-state index contributed by atoms with van der Waals surface area (Å²) < 4.78 is 5.22. The Morgan fingerprint density at radius 2 is 2.19 bits per heavy atom. The van der Waals surface area contributed by atoms with Gasteiger partial charge in [0.2, 0.25) is 0 Å². The Kier molecular flexibility index (Phi) is 4.18. The molecule has 3 N–H and O–H groups in total. The van der Waals surface area contributed by atoms with E-state index in [4.69, 9.17) is 9.84 Å². The zero-order valence-electron chi connectivity index (χ0n) is 12.7. The van der Waals surface area contributed by atoms with Gasteiger partial charge in [0.1, 0.15) is 11.4 Å². The zero-order chi connectivity index (χ0) is 15.6. The maximum atomic E-state index is 11.7. The zero-order valence-corrected chi connectivity index (χ0v) is 12.7. The van der Waals surface area contributed by atoms with Crippen molar-refractivity contribution in [3.05, 3.63) is 29.6 Å². The Labute approximate surface area is 123 Å². The van der Waals surface area contributed by atoms with Gasteiger partial charge in [-0.15, -0.1) is 0 Å². The SMILES string of the molecule is CC(NC(=O)OC(C)(C)C)c1nc2cc(CO)ccc2[nH]1. The molecule has 0 radical (unpaired) electrons. The number of aromatic amines is 1. The molecule has 0 saturated heterocycles. The van der Waals surface area contributed by atoms with Gasteiger partial charge in [0, 0.05) is 0 Å². The number of amides is 1. The Morgan fingerprint density at radius 1 is 1.48 bits per heavy atom. The van der Waals surface area contributed by atoms with Gasteiger partial charge in [0.25, 0.3) is 0 Å². The number of aliphatic hydroxyl groups is 1. The van der Waals surface area contributed by atoms with E-state index in [2.05, 4.69) is 15.3 Å². The molecule has 6 heteroatoms. The number of hydrogen-bond acceptors (Lipinski definition) is 4. The second kappa shape index (κ2) is 5.73. The number of benzene rings is 1. The molecule has 0 aliphatic heterocycles. The molecule has 6 nitrogen and oxygen atoms in total. The summed E-state index contributed by atoms with van der Waals surface area (Å²) in [5.74, 6) is 0.644. The fraction of sp³-hybridized carbons (Fsp3) is 0.467. The molecule has 0 aliphatic rings. The van der Waals surface area contributed by atoms with Gasteiger partial charge in [0.05, 0.1) is 23.7 Å². The summed E-state index contributed by atoms with van der Waals surface area (Å²) in [4.78, 5) is 19.3. The Morgan fingerprint density at radius 3 is 2.81 bits per heavy atom. The summed E-state index contributed by atoms with van der Waals surface area (Å²) in [6, 6.07) is 5.20. The summed E-state index contributed by atoms with van der Waals surface area (Å²) in [5, 5.41) is 11.9. The van der Waals surface area contributed by atoms with Crippen LogP contribution >= 0.6 is 0 Å². The average Bonchev–Trinajstić information content (AvgIpc) is 2.78. The van der Waals surface area contributed by atoms with Crippen LogP contribution in [0.15, 0.2) is 18.2 Å². The lowest BCUT2D eigenvalue weighted by molar-refractivity contribution is 0.0506. The van der Waals surface area contributed by atoms with Crippen molar-refractivity contribution in [3.8, 4) is 0 Å². The molecule has 21 heavy (non-hydrogen) atoms. The maximum Gasteiger partial charge on any atom is 0.408 e. The van der Waals surface area contributed by atoms with Gasteiger partial charge in [-0.25, -0.2) is 9.78 Å². The Balaban J connectivity index is 2.12. The van der Waals surface area contributed by atoms with E-state index in [1.165, 1.54) is 0 Å². The fourth-order valence-electron chi connectivity index (χ4n) is 1.93. The normalized spacial score (nSPS) is 13.2. The quantitative estimate of drug-likeness (QED) is 0.811. The molecule has 1 aromatic carbocycles. The number of carbonyl (C=O) groups is 1. The van der Waals surface area contributed by atoms with Crippen LogP contribution in [0.4, 0.5) is 4.79 Å². The third kappa shape index (κ3) is 3.95. The number of aliphatic hydroxyl groups excluding tert-OH is 1. The van der Waals surface area contributed by atoms with Crippen molar-refractivity contribution in [2.45, 2.75) is 45.9 Å². The molecule has 2 aromatic rings. The minimum Gasteiger partial charge on any atom is -0.444 e. The van der Waals surface area contributed by atoms with Crippen molar-refractivity contribution in [1.82, 2.24) is 15.3 Å². The lowest BCUT2D eigenvalue weighted by Gasteiger charge is -2.21. The van der Waals surface area contributed by atoms with Crippen molar-refractivity contribution < 1.29 is 14.6 Å². The summed E-state index contributed by atoms with van der Waals surface area (Å²) in [7, 11) is 0. The van der Waals surface area contributed by atoms with Crippen LogP contribution in [0.1, 0.15) is 45.1 Å². The van der Waals surface area contributed by atoms with Crippen LogP contribution in [0.25, 0.3) is 11.0 Å². The van der Waals surface area contributed by atoms with Gasteiger partial charge in [-0.2, -0.15) is 0 Å². The van der Waals surface area contributed by atoms with Gasteiger partial charge in [0.15, 0.2) is 0 Å². The summed E-state index contributed by atoms with van der Waals surface area (Å²) in [5.41, 5.74) is 1.89. The highest BCUT2D eigenvalue weighted by atomic mass is 16.6. The minimum atomic E-state index is -0.534. The number of alkyl carbamates (subject to hydrolysis) is 1. The van der Waals surface area contributed by atoms with E-state index < -0.39 is 11.7 Å². The largest absolute Gasteiger partial charge is 0.444 e. The van der Waals surface area contributed by atoms with Crippen molar-refractivity contribution in [3.63, 3.8) is 0 Å². The number of carbonyl (C=O) groups excluding carboxylic acids is 1. The lowest BCUT2D eigenvalue weighted by atomic mass is 10.2. The minimum absolute atomic E-state index is 0.0240. The average molecular weight is 291 g/mol. The van der Waals surface area contributed by atoms with Crippen LogP contribution in [0.3, 0.4) is 0 Å². The van der Waals surface area contributed by atoms with Crippen molar-refractivity contribution in [2.75, 3.05) is 0 Å². The second-order valence-electron chi connectivity index (χ2n) is 6.00. The fourth-order valence-corrected chi connectivity index (χ4v) is 1.93. The third-order valence-corrected chi connectivity index (χ3v) is 2.89. The number of rotatable bonds is 3. The number of hydrogen-bond donors (Lipinski definition) is 3. The van der Waals surface area contributed by atoms with Crippen LogP contribution in [0, 0.1) is 0 Å². The van der Waals surface area contributed by atoms with E-state index in [1.54, 1.807) is 0 Å². The number of nitrogens with zero attached hydrogens (tertiary/aromatic N) is 1. The van der Waals surface area contributed by atoms with E-state index in [0.29, 0.717) is 5.82 Å². The molecule has 1 heterocycles. The number of aromatic nitrogens is 2. The second-order valence-corrected chi connectivity index (χ2v) is 6.00. The third-order valence-electron chi connectivity index (χ3n) is 2.89. The Hall–Kier alpha value is -2.08. The van der Waals surface area contributed by atoms with Crippen LogP contribution in [-0.2, 0) is 11.3 Å². The standard InChI is InChI=1S/C15H21N3O3/c1-9(16-14(20)21-15(2,3)4)13-17-11-6-5-10(8-19)7-12(11)18-13/h5-7,9,19H,8H2,1-4H3,(H,16,20)(H,17,18). The molecule has 0 fully saturated rings. The predicted octanol–water partition coefficient (Wildman–Crippen LogP) is 2.64. The van der Waals surface area contributed by atoms with Crippen molar-refractivity contribution in [1.29, 1.82) is 0 Å². The van der Waals surface area contributed by atoms with Gasteiger partial charge in [-0.3, -0.25) is 0 Å².